The molecule has 1 amide bonds. The van der Waals surface area contributed by atoms with Gasteiger partial charge in [0.05, 0.1) is 16.5 Å². The maximum absolute atomic E-state index is 12.9. The monoisotopic (exact) mass is 497 g/mol. The predicted molar refractivity (Wildman–Crippen MR) is 145 cm³/mol. The number of thioether (sulfide) groups is 1. The third kappa shape index (κ3) is 5.74. The van der Waals surface area contributed by atoms with Crippen molar-refractivity contribution in [3.8, 4) is 28.5 Å². The number of halogens is 1. The lowest BCUT2D eigenvalue weighted by Gasteiger charge is -2.16. The van der Waals surface area contributed by atoms with Crippen LogP contribution in [-0.4, -0.2) is 16.1 Å². The van der Waals surface area contributed by atoms with E-state index in [0.29, 0.717) is 26.9 Å². The smallest absolute Gasteiger partial charge is 0.237 e. The van der Waals surface area contributed by atoms with Crippen LogP contribution in [0.1, 0.15) is 23.6 Å². The van der Waals surface area contributed by atoms with Crippen molar-refractivity contribution >= 4 is 35.0 Å². The summed E-state index contributed by atoms with van der Waals surface area (Å²) in [5, 5.41) is 13.6. The molecule has 3 aromatic carbocycles. The number of hydrogen-bond donors (Lipinski definition) is 1. The zero-order valence-electron chi connectivity index (χ0n) is 19.7. The molecule has 1 aromatic heterocycles. The van der Waals surface area contributed by atoms with Crippen molar-refractivity contribution in [2.24, 2.45) is 0 Å². The molecule has 0 aliphatic heterocycles. The van der Waals surface area contributed by atoms with Crippen molar-refractivity contribution in [3.63, 3.8) is 0 Å². The van der Waals surface area contributed by atoms with Crippen LogP contribution in [-0.2, 0) is 4.79 Å². The van der Waals surface area contributed by atoms with Crippen molar-refractivity contribution in [1.29, 1.82) is 5.26 Å². The summed E-state index contributed by atoms with van der Waals surface area (Å²) in [7, 11) is 0. The van der Waals surface area contributed by atoms with Gasteiger partial charge in [0.25, 0.3) is 0 Å². The number of pyridine rings is 1. The molecule has 1 N–H and O–H groups in total. The quantitative estimate of drug-likeness (QED) is 0.277. The summed E-state index contributed by atoms with van der Waals surface area (Å²) >= 11 is 7.78. The Morgan fingerprint density at radius 3 is 2.23 bits per heavy atom. The molecule has 4 nitrogen and oxygen atoms in total. The van der Waals surface area contributed by atoms with Gasteiger partial charge in [-0.2, -0.15) is 5.26 Å². The van der Waals surface area contributed by atoms with E-state index in [2.05, 4.69) is 11.4 Å². The molecule has 0 aliphatic rings. The van der Waals surface area contributed by atoms with Crippen LogP contribution in [0.25, 0.3) is 22.4 Å². The number of nitrogens with one attached hydrogen (secondary N) is 1. The molecule has 0 saturated heterocycles. The number of rotatable bonds is 6. The molecule has 1 heterocycles. The lowest BCUT2D eigenvalue weighted by molar-refractivity contribution is -0.115. The van der Waals surface area contributed by atoms with E-state index in [1.807, 2.05) is 93.6 Å². The van der Waals surface area contributed by atoms with Gasteiger partial charge < -0.3 is 5.32 Å². The van der Waals surface area contributed by atoms with Gasteiger partial charge in [-0.15, -0.1) is 0 Å². The van der Waals surface area contributed by atoms with Crippen LogP contribution in [0.5, 0.6) is 0 Å². The lowest BCUT2D eigenvalue weighted by atomic mass is 9.99. The summed E-state index contributed by atoms with van der Waals surface area (Å²) in [4.78, 5) is 17.8. The van der Waals surface area contributed by atoms with Gasteiger partial charge in [-0.3, -0.25) is 4.79 Å². The number of benzene rings is 3. The minimum absolute atomic E-state index is 0.162. The molecule has 35 heavy (non-hydrogen) atoms. The second kappa shape index (κ2) is 10.8. The molecular formula is C29H24ClN3OS. The topological polar surface area (TPSA) is 65.8 Å². The summed E-state index contributed by atoms with van der Waals surface area (Å²) in [5.74, 6) is -0.162. The largest absolute Gasteiger partial charge is 0.325 e. The first-order valence-corrected chi connectivity index (χ1v) is 12.4. The number of carbonyl (C=O) groups is 1. The fourth-order valence-electron chi connectivity index (χ4n) is 3.58. The van der Waals surface area contributed by atoms with E-state index in [1.54, 1.807) is 6.07 Å². The maximum atomic E-state index is 12.9. The van der Waals surface area contributed by atoms with Crippen molar-refractivity contribution in [1.82, 2.24) is 4.98 Å². The fraction of sp³-hybridized carbons (Fsp3) is 0.138. The van der Waals surface area contributed by atoms with Gasteiger partial charge in [0, 0.05) is 27.4 Å². The Labute approximate surface area is 215 Å². The van der Waals surface area contributed by atoms with Crippen molar-refractivity contribution < 1.29 is 4.79 Å². The number of nitriles is 1. The van der Waals surface area contributed by atoms with Gasteiger partial charge in [0.1, 0.15) is 11.1 Å². The van der Waals surface area contributed by atoms with Gasteiger partial charge in [-0.05, 0) is 45.0 Å². The Hall–Kier alpha value is -3.59. The standard InChI is InChI=1S/C29H24ClN3OS/c1-18-8-12-21(13-9-18)27-16-24(23-6-4-5-7-26(23)30)25(17-31)29(33-27)35-20(3)28(34)32-22-14-10-19(2)11-15-22/h4-16,20H,1-3H3,(H,32,34)/t20-/m0/s1. The van der Waals surface area contributed by atoms with E-state index in [1.165, 1.54) is 11.8 Å². The molecule has 0 bridgehead atoms. The third-order valence-electron chi connectivity index (χ3n) is 5.59. The molecule has 4 rings (SSSR count). The number of hydrogen-bond acceptors (Lipinski definition) is 4. The summed E-state index contributed by atoms with van der Waals surface area (Å²) < 4.78 is 0. The summed E-state index contributed by atoms with van der Waals surface area (Å²) in [6.45, 7) is 5.84. The van der Waals surface area contributed by atoms with Gasteiger partial charge in [-0.25, -0.2) is 4.98 Å². The molecule has 0 spiro atoms. The molecule has 0 unspecified atom stereocenters. The van der Waals surface area contributed by atoms with Crippen LogP contribution in [0.3, 0.4) is 0 Å². The van der Waals surface area contributed by atoms with E-state index in [-0.39, 0.29) is 5.91 Å². The Bertz CT molecular complexity index is 1410. The van der Waals surface area contributed by atoms with Crippen LogP contribution < -0.4 is 5.32 Å². The van der Waals surface area contributed by atoms with E-state index in [4.69, 9.17) is 16.6 Å². The van der Waals surface area contributed by atoms with E-state index in [0.717, 1.165) is 27.9 Å². The van der Waals surface area contributed by atoms with Gasteiger partial charge in [0.2, 0.25) is 5.91 Å². The molecular weight excluding hydrogens is 474 g/mol. The molecule has 0 radical (unpaired) electrons. The zero-order chi connectivity index (χ0) is 24.9. The second-order valence-electron chi connectivity index (χ2n) is 8.31. The van der Waals surface area contributed by atoms with E-state index >= 15 is 0 Å². The Balaban J connectivity index is 1.75. The molecule has 174 valence electrons. The first kappa shape index (κ1) is 24.5. The van der Waals surface area contributed by atoms with Crippen molar-refractivity contribution in [2.45, 2.75) is 31.0 Å². The SMILES string of the molecule is Cc1ccc(NC(=O)[C@H](C)Sc2nc(-c3ccc(C)cc3)cc(-c3ccccc3Cl)c2C#N)cc1. The average Bonchev–Trinajstić information content (AvgIpc) is 2.85. The first-order chi connectivity index (χ1) is 16.9. The normalized spacial score (nSPS) is 11.5. The van der Waals surface area contributed by atoms with Crippen molar-refractivity contribution in [3.05, 3.63) is 101 Å². The summed E-state index contributed by atoms with van der Waals surface area (Å²) in [5.41, 5.74) is 6.47. The van der Waals surface area contributed by atoms with Gasteiger partial charge >= 0.3 is 0 Å². The van der Waals surface area contributed by atoms with Crippen LogP contribution in [0, 0.1) is 25.2 Å². The number of amides is 1. The molecule has 1 atom stereocenters. The number of anilines is 1. The van der Waals surface area contributed by atoms with Crippen LogP contribution in [0.4, 0.5) is 5.69 Å². The van der Waals surface area contributed by atoms with E-state index in [9.17, 15) is 10.1 Å². The highest BCUT2D eigenvalue weighted by molar-refractivity contribution is 8.00. The van der Waals surface area contributed by atoms with Gasteiger partial charge in [0.15, 0.2) is 0 Å². The number of nitrogens with zero attached hydrogens (tertiary/aromatic N) is 2. The second-order valence-corrected chi connectivity index (χ2v) is 10.0. The highest BCUT2D eigenvalue weighted by Gasteiger charge is 2.22. The molecule has 6 heteroatoms. The average molecular weight is 498 g/mol. The number of carbonyl (C=O) groups excluding carboxylic acids is 1. The summed E-state index contributed by atoms with van der Waals surface area (Å²) in [6, 6.07) is 27.3. The van der Waals surface area contributed by atoms with Crippen LogP contribution >= 0.6 is 23.4 Å². The minimum atomic E-state index is -0.483. The molecule has 0 fully saturated rings. The Morgan fingerprint density at radius 1 is 0.971 bits per heavy atom. The fourth-order valence-corrected chi connectivity index (χ4v) is 4.74. The van der Waals surface area contributed by atoms with Gasteiger partial charge in [-0.1, -0.05) is 89.1 Å². The highest BCUT2D eigenvalue weighted by atomic mass is 35.5. The van der Waals surface area contributed by atoms with E-state index < -0.39 is 5.25 Å². The molecule has 4 aromatic rings. The Kier molecular flexibility index (Phi) is 7.55. The Morgan fingerprint density at radius 2 is 1.60 bits per heavy atom. The first-order valence-electron chi connectivity index (χ1n) is 11.2. The van der Waals surface area contributed by atoms with Crippen LogP contribution in [0.2, 0.25) is 5.02 Å². The number of aryl methyl sites for hydroxylation is 2. The maximum Gasteiger partial charge on any atom is 0.237 e. The minimum Gasteiger partial charge on any atom is -0.325 e. The zero-order valence-corrected chi connectivity index (χ0v) is 21.2. The third-order valence-corrected chi connectivity index (χ3v) is 7.00. The lowest BCUT2D eigenvalue weighted by Crippen LogP contribution is -2.22. The van der Waals surface area contributed by atoms with Crippen molar-refractivity contribution in [2.75, 3.05) is 5.32 Å². The predicted octanol–water partition coefficient (Wildman–Crippen LogP) is 7.68. The highest BCUT2D eigenvalue weighted by Crippen LogP contribution is 2.38. The summed E-state index contributed by atoms with van der Waals surface area (Å²) in [6.07, 6.45) is 0. The molecule has 0 aliphatic carbocycles. The van der Waals surface area contributed by atoms with Crippen LogP contribution in [0.15, 0.2) is 83.9 Å². The number of aromatic nitrogens is 1. The molecule has 0 saturated carbocycles.